The standard InChI is InChI=1S/C25H28ClF/c1-2-3-4-5-17-6-11-22-20(14-17)7-8-21-15-18(9-12-23(21)22)19-10-13-24(26)25(27)16-19/h2-3,7-8,10,13,16-18H,4-6,9,11-12,14-15H2,1H3. The highest BCUT2D eigenvalue weighted by Gasteiger charge is 2.27. The third-order valence-electron chi connectivity index (χ3n) is 6.54. The molecule has 2 unspecified atom stereocenters. The number of allylic oxidation sites excluding steroid dienone is 2. The maximum atomic E-state index is 13.9. The lowest BCUT2D eigenvalue weighted by Crippen LogP contribution is -2.20. The lowest BCUT2D eigenvalue weighted by Gasteiger charge is -2.32. The van der Waals surface area contributed by atoms with Crippen LogP contribution in [-0.2, 0) is 25.7 Å². The first-order valence-corrected chi connectivity index (χ1v) is 10.7. The third kappa shape index (κ3) is 3.99. The van der Waals surface area contributed by atoms with Gasteiger partial charge in [0.25, 0.3) is 0 Å². The summed E-state index contributed by atoms with van der Waals surface area (Å²) in [5, 5.41) is 0.216. The van der Waals surface area contributed by atoms with Crippen LogP contribution in [0.1, 0.15) is 66.3 Å². The number of halogens is 2. The van der Waals surface area contributed by atoms with Crippen LogP contribution in [-0.4, -0.2) is 0 Å². The predicted molar refractivity (Wildman–Crippen MR) is 112 cm³/mol. The molecule has 142 valence electrons. The van der Waals surface area contributed by atoms with Crippen LogP contribution in [0, 0.1) is 11.7 Å². The smallest absolute Gasteiger partial charge is 0.142 e. The molecule has 0 fully saturated rings. The number of fused-ring (bicyclic) bond motifs is 3. The fraction of sp³-hybridized carbons (Fsp3) is 0.440. The first-order valence-electron chi connectivity index (χ1n) is 10.3. The minimum atomic E-state index is -0.297. The van der Waals surface area contributed by atoms with Gasteiger partial charge in [-0.2, -0.15) is 0 Å². The van der Waals surface area contributed by atoms with E-state index >= 15 is 0 Å². The van der Waals surface area contributed by atoms with E-state index in [1.54, 1.807) is 28.8 Å². The van der Waals surface area contributed by atoms with E-state index in [4.69, 9.17) is 11.6 Å². The quantitative estimate of drug-likeness (QED) is 0.490. The lowest BCUT2D eigenvalue weighted by molar-refractivity contribution is 0.427. The normalized spacial score (nSPS) is 21.9. The van der Waals surface area contributed by atoms with Crippen molar-refractivity contribution in [3.05, 3.63) is 81.1 Å². The zero-order chi connectivity index (χ0) is 18.8. The molecule has 0 saturated heterocycles. The van der Waals surface area contributed by atoms with Gasteiger partial charge < -0.3 is 0 Å². The zero-order valence-electron chi connectivity index (χ0n) is 16.1. The molecule has 4 rings (SSSR count). The maximum absolute atomic E-state index is 13.9. The van der Waals surface area contributed by atoms with Crippen molar-refractivity contribution in [2.24, 2.45) is 5.92 Å². The van der Waals surface area contributed by atoms with Gasteiger partial charge in [-0.15, -0.1) is 0 Å². The van der Waals surface area contributed by atoms with E-state index in [2.05, 4.69) is 31.2 Å². The van der Waals surface area contributed by atoms with Crippen LogP contribution in [0.4, 0.5) is 4.39 Å². The summed E-state index contributed by atoms with van der Waals surface area (Å²) < 4.78 is 13.9. The van der Waals surface area contributed by atoms with E-state index < -0.39 is 0 Å². The van der Waals surface area contributed by atoms with Crippen LogP contribution in [0.5, 0.6) is 0 Å². The van der Waals surface area contributed by atoms with Crippen molar-refractivity contribution in [3.63, 3.8) is 0 Å². The van der Waals surface area contributed by atoms with Crippen molar-refractivity contribution in [1.29, 1.82) is 0 Å². The second-order valence-corrected chi connectivity index (χ2v) is 8.62. The van der Waals surface area contributed by atoms with Gasteiger partial charge in [0.05, 0.1) is 5.02 Å². The monoisotopic (exact) mass is 382 g/mol. The Hall–Kier alpha value is -1.60. The lowest BCUT2D eigenvalue weighted by atomic mass is 9.73. The van der Waals surface area contributed by atoms with Crippen LogP contribution in [0.15, 0.2) is 42.5 Å². The van der Waals surface area contributed by atoms with Crippen LogP contribution < -0.4 is 0 Å². The molecule has 0 amide bonds. The second kappa shape index (κ2) is 8.19. The Labute approximate surface area is 167 Å². The van der Waals surface area contributed by atoms with Gasteiger partial charge in [0, 0.05) is 0 Å². The van der Waals surface area contributed by atoms with Crippen molar-refractivity contribution in [2.45, 2.75) is 64.2 Å². The molecule has 2 aromatic carbocycles. The van der Waals surface area contributed by atoms with E-state index in [0.717, 1.165) is 30.7 Å². The van der Waals surface area contributed by atoms with Gasteiger partial charge in [-0.1, -0.05) is 42.0 Å². The van der Waals surface area contributed by atoms with Crippen molar-refractivity contribution in [2.75, 3.05) is 0 Å². The Balaban J connectivity index is 1.51. The second-order valence-electron chi connectivity index (χ2n) is 8.21. The van der Waals surface area contributed by atoms with E-state index in [1.807, 2.05) is 6.07 Å². The van der Waals surface area contributed by atoms with Crippen LogP contribution in [0.25, 0.3) is 0 Å². The molecule has 0 heterocycles. The molecule has 27 heavy (non-hydrogen) atoms. The average Bonchev–Trinajstić information content (AvgIpc) is 2.69. The SMILES string of the molecule is CC=CCCC1CCc2c(ccc3c2CCC(c2ccc(Cl)c(F)c2)C3)C1. The molecule has 0 radical (unpaired) electrons. The van der Waals surface area contributed by atoms with Crippen LogP contribution in [0.2, 0.25) is 5.02 Å². The van der Waals surface area contributed by atoms with E-state index in [1.165, 1.54) is 37.7 Å². The third-order valence-corrected chi connectivity index (χ3v) is 6.84. The number of rotatable bonds is 4. The summed E-state index contributed by atoms with van der Waals surface area (Å²) in [5.41, 5.74) is 7.39. The highest BCUT2D eigenvalue weighted by atomic mass is 35.5. The molecule has 0 nitrogen and oxygen atoms in total. The molecule has 0 saturated carbocycles. The molecular formula is C25H28ClF. The summed E-state index contributed by atoms with van der Waals surface area (Å²) in [5.74, 6) is 0.939. The van der Waals surface area contributed by atoms with Gasteiger partial charge in [-0.05, 0) is 110 Å². The summed E-state index contributed by atoms with van der Waals surface area (Å²) in [6.07, 6.45) is 14.0. The van der Waals surface area contributed by atoms with E-state index in [9.17, 15) is 4.39 Å². The summed E-state index contributed by atoms with van der Waals surface area (Å²) in [6.45, 7) is 2.11. The van der Waals surface area contributed by atoms with Crippen molar-refractivity contribution >= 4 is 11.6 Å². The van der Waals surface area contributed by atoms with Gasteiger partial charge in [0.15, 0.2) is 0 Å². The van der Waals surface area contributed by atoms with Gasteiger partial charge in [-0.3, -0.25) is 0 Å². The highest BCUT2D eigenvalue weighted by molar-refractivity contribution is 6.30. The van der Waals surface area contributed by atoms with Crippen LogP contribution >= 0.6 is 11.6 Å². The minimum absolute atomic E-state index is 0.216. The summed E-state index contributed by atoms with van der Waals surface area (Å²) >= 11 is 5.85. The fourth-order valence-corrected chi connectivity index (χ4v) is 5.16. The highest BCUT2D eigenvalue weighted by Crippen LogP contribution is 2.39. The fourth-order valence-electron chi connectivity index (χ4n) is 5.04. The molecule has 0 spiro atoms. The Kier molecular flexibility index (Phi) is 5.68. The van der Waals surface area contributed by atoms with Crippen LogP contribution in [0.3, 0.4) is 0 Å². The molecule has 0 bridgehead atoms. The minimum Gasteiger partial charge on any atom is -0.205 e. The van der Waals surface area contributed by atoms with Gasteiger partial charge in [0.1, 0.15) is 5.82 Å². The Morgan fingerprint density at radius 1 is 1.04 bits per heavy atom. The van der Waals surface area contributed by atoms with E-state index in [0.29, 0.717) is 5.92 Å². The Bertz CT molecular complexity index is 852. The number of benzene rings is 2. The summed E-state index contributed by atoms with van der Waals surface area (Å²) in [7, 11) is 0. The molecule has 2 aliphatic carbocycles. The molecule has 0 aliphatic heterocycles. The largest absolute Gasteiger partial charge is 0.205 e. The predicted octanol–water partition coefficient (Wildman–Crippen LogP) is 7.21. The maximum Gasteiger partial charge on any atom is 0.142 e. The first-order chi connectivity index (χ1) is 13.2. The molecular weight excluding hydrogens is 355 g/mol. The molecule has 2 atom stereocenters. The van der Waals surface area contributed by atoms with Crippen molar-refractivity contribution < 1.29 is 4.39 Å². The van der Waals surface area contributed by atoms with Gasteiger partial charge >= 0.3 is 0 Å². The van der Waals surface area contributed by atoms with Gasteiger partial charge in [0.2, 0.25) is 0 Å². The number of hydrogen-bond acceptors (Lipinski definition) is 0. The zero-order valence-corrected chi connectivity index (χ0v) is 16.9. The molecule has 2 heteroatoms. The molecule has 2 aromatic rings. The van der Waals surface area contributed by atoms with Crippen molar-refractivity contribution in [1.82, 2.24) is 0 Å². The molecule has 2 aliphatic rings. The Morgan fingerprint density at radius 2 is 1.78 bits per heavy atom. The molecule has 0 N–H and O–H groups in total. The van der Waals surface area contributed by atoms with E-state index in [-0.39, 0.29) is 10.8 Å². The summed E-state index contributed by atoms with van der Waals surface area (Å²) in [6, 6.07) is 10.0. The van der Waals surface area contributed by atoms with Gasteiger partial charge in [-0.25, -0.2) is 4.39 Å². The first kappa shape index (κ1) is 18.7. The average molecular weight is 383 g/mol. The molecule has 0 aromatic heterocycles. The Morgan fingerprint density at radius 3 is 2.52 bits per heavy atom. The van der Waals surface area contributed by atoms with Crippen molar-refractivity contribution in [3.8, 4) is 0 Å². The topological polar surface area (TPSA) is 0 Å². The number of hydrogen-bond donors (Lipinski definition) is 0. The summed E-state index contributed by atoms with van der Waals surface area (Å²) in [4.78, 5) is 0.